The summed E-state index contributed by atoms with van der Waals surface area (Å²) in [5, 5.41) is 3.01. The Balaban J connectivity index is 1.73. The highest BCUT2D eigenvalue weighted by Gasteiger charge is 2.24. The molecule has 0 aliphatic carbocycles. The number of methoxy groups -OCH3 is 1. The van der Waals surface area contributed by atoms with Crippen molar-refractivity contribution in [3.05, 3.63) is 87.3 Å². The molecule has 0 fully saturated rings. The van der Waals surface area contributed by atoms with Crippen LogP contribution in [0.2, 0.25) is 0 Å². The first-order valence-corrected chi connectivity index (χ1v) is 10.8. The van der Waals surface area contributed by atoms with Crippen LogP contribution in [-0.4, -0.2) is 32.6 Å². The Bertz CT molecular complexity index is 1320. The van der Waals surface area contributed by atoms with Crippen LogP contribution in [0.25, 0.3) is 5.78 Å². The van der Waals surface area contributed by atoms with Crippen molar-refractivity contribution >= 4 is 17.6 Å². The van der Waals surface area contributed by atoms with Crippen molar-refractivity contribution in [2.75, 3.05) is 12.0 Å². The summed E-state index contributed by atoms with van der Waals surface area (Å²) in [6, 6.07) is 17.3. The molecule has 1 amide bonds. The average molecular weight is 446 g/mol. The van der Waals surface area contributed by atoms with Gasteiger partial charge in [0.25, 0.3) is 11.3 Å². The van der Waals surface area contributed by atoms with Crippen molar-refractivity contribution in [2.45, 2.75) is 33.7 Å². The van der Waals surface area contributed by atoms with Gasteiger partial charge in [0.1, 0.15) is 5.75 Å². The second-order valence-electron chi connectivity index (χ2n) is 8.25. The molecule has 0 bridgehead atoms. The number of fused-ring (bicyclic) bond motifs is 1. The van der Waals surface area contributed by atoms with Gasteiger partial charge in [0.2, 0.25) is 11.9 Å². The number of amides is 1. The van der Waals surface area contributed by atoms with Crippen molar-refractivity contribution in [1.82, 2.24) is 19.6 Å². The SMILES string of the molecule is COc1ccc(CN(C(=O)C(C)C)c2nc3nc(C)c(Cc4ccccc4)c(=O)n3[nH]2)cc1. The van der Waals surface area contributed by atoms with Crippen LogP contribution in [0.5, 0.6) is 5.75 Å². The lowest BCUT2D eigenvalue weighted by Gasteiger charge is -2.21. The maximum absolute atomic E-state index is 13.3. The number of ether oxygens (including phenoxy) is 1. The summed E-state index contributed by atoms with van der Waals surface area (Å²) in [6.07, 6.45) is 0.469. The summed E-state index contributed by atoms with van der Waals surface area (Å²) in [5.41, 5.74) is 2.92. The van der Waals surface area contributed by atoms with E-state index in [9.17, 15) is 9.59 Å². The molecule has 4 rings (SSSR count). The number of benzene rings is 2. The van der Waals surface area contributed by atoms with Crippen LogP contribution >= 0.6 is 0 Å². The third kappa shape index (κ3) is 4.64. The van der Waals surface area contributed by atoms with Crippen LogP contribution in [0.1, 0.15) is 36.2 Å². The summed E-state index contributed by atoms with van der Waals surface area (Å²) in [6.45, 7) is 5.77. The number of aryl methyl sites for hydroxylation is 1. The molecule has 0 radical (unpaired) electrons. The molecular formula is C25H27N5O3. The fourth-order valence-electron chi connectivity index (χ4n) is 3.65. The minimum Gasteiger partial charge on any atom is -0.497 e. The summed E-state index contributed by atoms with van der Waals surface area (Å²) >= 11 is 0. The molecule has 33 heavy (non-hydrogen) atoms. The molecule has 8 heteroatoms. The van der Waals surface area contributed by atoms with E-state index in [0.29, 0.717) is 24.2 Å². The predicted octanol–water partition coefficient (Wildman–Crippen LogP) is 3.51. The highest BCUT2D eigenvalue weighted by Crippen LogP contribution is 2.19. The van der Waals surface area contributed by atoms with Crippen molar-refractivity contribution in [3.63, 3.8) is 0 Å². The quantitative estimate of drug-likeness (QED) is 0.470. The molecule has 0 saturated carbocycles. The van der Waals surface area contributed by atoms with Crippen LogP contribution in [-0.2, 0) is 17.8 Å². The molecule has 2 aromatic heterocycles. The second-order valence-corrected chi connectivity index (χ2v) is 8.25. The predicted molar refractivity (Wildman–Crippen MR) is 127 cm³/mol. The van der Waals surface area contributed by atoms with Crippen molar-refractivity contribution in [3.8, 4) is 5.75 Å². The number of carbonyl (C=O) groups excluding carboxylic acids is 1. The van der Waals surface area contributed by atoms with E-state index in [4.69, 9.17) is 4.74 Å². The van der Waals surface area contributed by atoms with Gasteiger partial charge in [-0.25, -0.2) is 4.98 Å². The first-order chi connectivity index (χ1) is 15.9. The zero-order valence-electron chi connectivity index (χ0n) is 19.2. The van der Waals surface area contributed by atoms with E-state index in [1.807, 2.05) is 75.4 Å². The average Bonchev–Trinajstić information content (AvgIpc) is 3.24. The van der Waals surface area contributed by atoms with Gasteiger partial charge in [-0.05, 0) is 30.2 Å². The number of H-pyrrole nitrogens is 1. The number of aromatic nitrogens is 4. The second kappa shape index (κ2) is 9.28. The Labute approximate surface area is 191 Å². The van der Waals surface area contributed by atoms with Crippen LogP contribution in [0.4, 0.5) is 5.95 Å². The number of hydrogen-bond donors (Lipinski definition) is 1. The molecule has 0 unspecified atom stereocenters. The fraction of sp³-hybridized carbons (Fsp3) is 0.280. The molecule has 0 atom stereocenters. The highest BCUT2D eigenvalue weighted by atomic mass is 16.5. The maximum atomic E-state index is 13.3. The number of nitrogens with one attached hydrogen (secondary N) is 1. The minimum absolute atomic E-state index is 0.112. The number of hydrogen-bond acceptors (Lipinski definition) is 5. The molecule has 8 nitrogen and oxygen atoms in total. The maximum Gasteiger partial charge on any atom is 0.277 e. The molecule has 0 saturated heterocycles. The molecule has 0 aliphatic rings. The lowest BCUT2D eigenvalue weighted by molar-refractivity contribution is -0.121. The van der Waals surface area contributed by atoms with Gasteiger partial charge in [-0.2, -0.15) is 9.50 Å². The Morgan fingerprint density at radius 2 is 1.76 bits per heavy atom. The topological polar surface area (TPSA) is 92.6 Å². The first-order valence-electron chi connectivity index (χ1n) is 10.8. The summed E-state index contributed by atoms with van der Waals surface area (Å²) < 4.78 is 6.53. The number of carbonyl (C=O) groups is 1. The summed E-state index contributed by atoms with van der Waals surface area (Å²) in [4.78, 5) is 36.9. The van der Waals surface area contributed by atoms with Gasteiger partial charge in [-0.15, -0.1) is 0 Å². The van der Waals surface area contributed by atoms with Gasteiger partial charge >= 0.3 is 0 Å². The third-order valence-electron chi connectivity index (χ3n) is 5.52. The van der Waals surface area contributed by atoms with Gasteiger partial charge in [0.05, 0.1) is 19.3 Å². The largest absolute Gasteiger partial charge is 0.497 e. The normalized spacial score (nSPS) is 11.2. The lowest BCUT2D eigenvalue weighted by Crippen LogP contribution is -2.34. The Hall–Kier alpha value is -3.94. The molecule has 4 aromatic rings. The molecule has 2 heterocycles. The number of rotatable bonds is 7. The van der Waals surface area contributed by atoms with Crippen LogP contribution in [0.15, 0.2) is 59.4 Å². The van der Waals surface area contributed by atoms with E-state index in [2.05, 4.69) is 15.1 Å². The molecule has 2 aromatic carbocycles. The van der Waals surface area contributed by atoms with Crippen LogP contribution in [0.3, 0.4) is 0 Å². The van der Waals surface area contributed by atoms with Gasteiger partial charge in [-0.1, -0.05) is 56.3 Å². The number of anilines is 1. The fourth-order valence-corrected chi connectivity index (χ4v) is 3.65. The van der Waals surface area contributed by atoms with E-state index in [0.717, 1.165) is 16.9 Å². The van der Waals surface area contributed by atoms with Crippen molar-refractivity contribution in [1.29, 1.82) is 0 Å². The minimum atomic E-state index is -0.253. The summed E-state index contributed by atoms with van der Waals surface area (Å²) in [7, 11) is 1.61. The first kappa shape index (κ1) is 22.3. The number of nitrogens with zero attached hydrogens (tertiary/aromatic N) is 4. The molecule has 1 N–H and O–H groups in total. The standard InChI is InChI=1S/C25H27N5O3/c1-16(2)22(31)29(15-19-10-12-20(33-4)13-11-19)25-27-24-26-17(3)21(23(32)30(24)28-25)14-18-8-6-5-7-9-18/h5-13,16H,14-15H2,1-4H3,(H,26,27,28). The van der Waals surface area contributed by atoms with Gasteiger partial charge in [-0.3, -0.25) is 19.6 Å². The van der Waals surface area contributed by atoms with Gasteiger partial charge < -0.3 is 4.74 Å². The van der Waals surface area contributed by atoms with Crippen LogP contribution in [0, 0.1) is 12.8 Å². The van der Waals surface area contributed by atoms with Crippen molar-refractivity contribution in [2.24, 2.45) is 5.92 Å². The smallest absolute Gasteiger partial charge is 0.277 e. The highest BCUT2D eigenvalue weighted by molar-refractivity contribution is 5.93. The molecule has 0 spiro atoms. The van der Waals surface area contributed by atoms with Gasteiger partial charge in [0, 0.05) is 17.9 Å². The zero-order chi connectivity index (χ0) is 23.5. The number of aromatic amines is 1. The Kier molecular flexibility index (Phi) is 6.26. The summed E-state index contributed by atoms with van der Waals surface area (Å²) in [5.74, 6) is 0.892. The van der Waals surface area contributed by atoms with Gasteiger partial charge in [0.15, 0.2) is 0 Å². The third-order valence-corrected chi connectivity index (χ3v) is 5.52. The molecule has 0 aliphatic heterocycles. The van der Waals surface area contributed by atoms with E-state index >= 15 is 0 Å². The van der Waals surface area contributed by atoms with Crippen LogP contribution < -0.4 is 15.2 Å². The monoisotopic (exact) mass is 445 g/mol. The van der Waals surface area contributed by atoms with E-state index in [1.54, 1.807) is 12.0 Å². The molecule has 170 valence electrons. The molecular weight excluding hydrogens is 418 g/mol. The Morgan fingerprint density at radius 3 is 2.39 bits per heavy atom. The van der Waals surface area contributed by atoms with Crippen molar-refractivity contribution < 1.29 is 9.53 Å². The Morgan fingerprint density at radius 1 is 1.06 bits per heavy atom. The zero-order valence-corrected chi connectivity index (χ0v) is 19.2. The lowest BCUT2D eigenvalue weighted by atomic mass is 10.1. The van der Waals surface area contributed by atoms with E-state index < -0.39 is 0 Å². The van der Waals surface area contributed by atoms with E-state index in [1.165, 1.54) is 4.52 Å². The van der Waals surface area contributed by atoms with E-state index in [-0.39, 0.29) is 29.1 Å².